The second-order valence-corrected chi connectivity index (χ2v) is 5.32. The molecule has 0 heterocycles. The fourth-order valence-electron chi connectivity index (χ4n) is 1.96. The lowest BCUT2D eigenvalue weighted by Crippen LogP contribution is -2.37. The minimum atomic E-state index is -0.720. The maximum atomic E-state index is 10.9. The highest BCUT2D eigenvalue weighted by atomic mass is 16.4. The molecule has 0 bridgehead atoms. The van der Waals surface area contributed by atoms with Gasteiger partial charge in [-0.1, -0.05) is 51.1 Å². The highest BCUT2D eigenvalue weighted by Crippen LogP contribution is 2.21. The molecular weight excluding hydrogens is 226 g/mol. The van der Waals surface area contributed by atoms with Crippen molar-refractivity contribution in [3.05, 3.63) is 35.9 Å². The second-order valence-electron chi connectivity index (χ2n) is 5.32. The Hall–Kier alpha value is -1.35. The molecule has 3 nitrogen and oxygen atoms in total. The van der Waals surface area contributed by atoms with Crippen molar-refractivity contribution in [2.45, 2.75) is 32.6 Å². The molecular formula is C15H23NO2. The van der Waals surface area contributed by atoms with Crippen LogP contribution in [-0.2, 0) is 10.2 Å². The predicted molar refractivity (Wildman–Crippen MR) is 73.8 cm³/mol. The van der Waals surface area contributed by atoms with E-state index < -0.39 is 5.97 Å². The van der Waals surface area contributed by atoms with Crippen molar-refractivity contribution >= 4 is 5.97 Å². The number of hydrogen-bond donors (Lipinski definition) is 2. The maximum absolute atomic E-state index is 10.9. The standard InChI is InChI=1S/C15H23NO2/c1-4-12(14(17)18)10-16-11-15(2,3)13-8-6-5-7-9-13/h5-9,12,16H,4,10-11H2,1-3H3,(H,17,18). The zero-order chi connectivity index (χ0) is 13.6. The molecule has 0 aliphatic carbocycles. The van der Waals surface area contributed by atoms with Crippen molar-refractivity contribution < 1.29 is 9.90 Å². The summed E-state index contributed by atoms with van der Waals surface area (Å²) < 4.78 is 0. The third-order valence-corrected chi connectivity index (χ3v) is 3.35. The average Bonchev–Trinajstić information content (AvgIpc) is 2.35. The maximum Gasteiger partial charge on any atom is 0.307 e. The van der Waals surface area contributed by atoms with E-state index >= 15 is 0 Å². The lowest BCUT2D eigenvalue weighted by molar-refractivity contribution is -0.141. The summed E-state index contributed by atoms with van der Waals surface area (Å²) in [5, 5.41) is 12.3. The first-order valence-corrected chi connectivity index (χ1v) is 6.46. The average molecular weight is 249 g/mol. The summed E-state index contributed by atoms with van der Waals surface area (Å²) in [5.41, 5.74) is 1.28. The van der Waals surface area contributed by atoms with Gasteiger partial charge in [0.25, 0.3) is 0 Å². The van der Waals surface area contributed by atoms with Crippen molar-refractivity contribution in [3.63, 3.8) is 0 Å². The molecule has 0 spiro atoms. The Morgan fingerprint density at radius 2 is 1.94 bits per heavy atom. The van der Waals surface area contributed by atoms with Gasteiger partial charge in [-0.05, 0) is 12.0 Å². The van der Waals surface area contributed by atoms with Gasteiger partial charge in [0, 0.05) is 18.5 Å². The first kappa shape index (κ1) is 14.7. The SMILES string of the molecule is CCC(CNCC(C)(C)c1ccccc1)C(=O)O. The first-order chi connectivity index (χ1) is 8.47. The zero-order valence-electron chi connectivity index (χ0n) is 11.4. The van der Waals surface area contributed by atoms with E-state index in [2.05, 4.69) is 31.3 Å². The molecule has 1 aromatic rings. The number of hydrogen-bond acceptors (Lipinski definition) is 2. The van der Waals surface area contributed by atoms with E-state index in [9.17, 15) is 4.79 Å². The zero-order valence-corrected chi connectivity index (χ0v) is 11.4. The number of carbonyl (C=O) groups is 1. The molecule has 0 saturated carbocycles. The van der Waals surface area contributed by atoms with Gasteiger partial charge in [0.05, 0.1) is 5.92 Å². The topological polar surface area (TPSA) is 49.3 Å². The van der Waals surface area contributed by atoms with Crippen molar-refractivity contribution in [1.82, 2.24) is 5.32 Å². The normalized spacial score (nSPS) is 13.3. The molecule has 18 heavy (non-hydrogen) atoms. The van der Waals surface area contributed by atoms with Crippen molar-refractivity contribution in [2.75, 3.05) is 13.1 Å². The van der Waals surface area contributed by atoms with Crippen LogP contribution >= 0.6 is 0 Å². The van der Waals surface area contributed by atoms with Crippen molar-refractivity contribution in [3.8, 4) is 0 Å². The molecule has 2 N–H and O–H groups in total. The largest absolute Gasteiger partial charge is 0.481 e. The number of benzene rings is 1. The summed E-state index contributed by atoms with van der Waals surface area (Å²) in [5.74, 6) is -1.01. The third-order valence-electron chi connectivity index (χ3n) is 3.35. The first-order valence-electron chi connectivity index (χ1n) is 6.46. The Balaban J connectivity index is 2.50. The van der Waals surface area contributed by atoms with Crippen LogP contribution in [0.15, 0.2) is 30.3 Å². The number of carboxylic acid groups (broad SMARTS) is 1. The molecule has 0 aliphatic heterocycles. The van der Waals surface area contributed by atoms with Crippen molar-refractivity contribution in [1.29, 1.82) is 0 Å². The lowest BCUT2D eigenvalue weighted by atomic mass is 9.84. The van der Waals surface area contributed by atoms with E-state index in [1.54, 1.807) is 0 Å². The fraction of sp³-hybridized carbons (Fsp3) is 0.533. The van der Waals surface area contributed by atoms with E-state index in [-0.39, 0.29) is 11.3 Å². The Kier molecular flexibility index (Phi) is 5.35. The van der Waals surface area contributed by atoms with Gasteiger partial charge in [0.15, 0.2) is 0 Å². The summed E-state index contributed by atoms with van der Waals surface area (Å²) >= 11 is 0. The molecule has 0 amide bonds. The van der Waals surface area contributed by atoms with Gasteiger partial charge < -0.3 is 10.4 Å². The molecule has 1 atom stereocenters. The molecule has 0 aromatic heterocycles. The molecule has 1 aromatic carbocycles. The van der Waals surface area contributed by atoms with E-state index in [4.69, 9.17) is 5.11 Å². The Labute approximate surface area is 109 Å². The van der Waals surface area contributed by atoms with Crippen LogP contribution in [0, 0.1) is 5.92 Å². The van der Waals surface area contributed by atoms with Crippen LogP contribution in [-0.4, -0.2) is 24.2 Å². The number of rotatable bonds is 7. The van der Waals surface area contributed by atoms with Crippen molar-refractivity contribution in [2.24, 2.45) is 5.92 Å². The minimum Gasteiger partial charge on any atom is -0.481 e. The summed E-state index contributed by atoms with van der Waals surface area (Å²) in [6, 6.07) is 10.3. The van der Waals surface area contributed by atoms with Gasteiger partial charge in [0.2, 0.25) is 0 Å². The van der Waals surface area contributed by atoms with Gasteiger partial charge in [-0.3, -0.25) is 4.79 Å². The lowest BCUT2D eigenvalue weighted by Gasteiger charge is -2.26. The van der Waals surface area contributed by atoms with Gasteiger partial charge in [0.1, 0.15) is 0 Å². The number of carboxylic acids is 1. The summed E-state index contributed by atoms with van der Waals surface area (Å²) in [6.07, 6.45) is 0.661. The Morgan fingerprint density at radius 3 is 2.44 bits per heavy atom. The molecule has 0 aliphatic rings. The minimum absolute atomic E-state index is 0.0120. The van der Waals surface area contributed by atoms with Crippen LogP contribution in [0.5, 0.6) is 0 Å². The van der Waals surface area contributed by atoms with Crippen LogP contribution in [0.1, 0.15) is 32.8 Å². The number of aliphatic carboxylic acids is 1. The third kappa shape index (κ3) is 4.15. The highest BCUT2D eigenvalue weighted by Gasteiger charge is 2.21. The highest BCUT2D eigenvalue weighted by molar-refractivity contribution is 5.70. The van der Waals surface area contributed by atoms with E-state index in [0.717, 1.165) is 6.54 Å². The quantitative estimate of drug-likeness (QED) is 0.781. The molecule has 1 unspecified atom stereocenters. The van der Waals surface area contributed by atoms with E-state index in [1.807, 2.05) is 25.1 Å². The molecule has 0 fully saturated rings. The van der Waals surface area contributed by atoms with Crippen LogP contribution in [0.25, 0.3) is 0 Å². The van der Waals surface area contributed by atoms with Crippen LogP contribution in [0.4, 0.5) is 0 Å². The van der Waals surface area contributed by atoms with Crippen LogP contribution < -0.4 is 5.32 Å². The van der Waals surface area contributed by atoms with E-state index in [0.29, 0.717) is 13.0 Å². The summed E-state index contributed by atoms with van der Waals surface area (Å²) in [4.78, 5) is 10.9. The molecule has 3 heteroatoms. The smallest absolute Gasteiger partial charge is 0.307 e. The molecule has 100 valence electrons. The Morgan fingerprint density at radius 1 is 1.33 bits per heavy atom. The number of nitrogens with one attached hydrogen (secondary N) is 1. The predicted octanol–water partition coefficient (Wildman–Crippen LogP) is 2.66. The van der Waals surface area contributed by atoms with Gasteiger partial charge in [-0.15, -0.1) is 0 Å². The van der Waals surface area contributed by atoms with Gasteiger partial charge >= 0.3 is 5.97 Å². The molecule has 0 radical (unpaired) electrons. The second kappa shape index (κ2) is 6.55. The van der Waals surface area contributed by atoms with Gasteiger partial charge in [-0.2, -0.15) is 0 Å². The Bertz CT molecular complexity index is 373. The molecule has 1 rings (SSSR count). The van der Waals surface area contributed by atoms with E-state index in [1.165, 1.54) is 5.56 Å². The molecule has 0 saturated heterocycles. The van der Waals surface area contributed by atoms with Crippen LogP contribution in [0.3, 0.4) is 0 Å². The monoisotopic (exact) mass is 249 g/mol. The fourth-order valence-corrected chi connectivity index (χ4v) is 1.96. The summed E-state index contributed by atoms with van der Waals surface area (Å²) in [6.45, 7) is 7.54. The van der Waals surface area contributed by atoms with Gasteiger partial charge in [-0.25, -0.2) is 0 Å². The summed E-state index contributed by atoms with van der Waals surface area (Å²) in [7, 11) is 0. The van der Waals surface area contributed by atoms with Crippen LogP contribution in [0.2, 0.25) is 0 Å².